The van der Waals surface area contributed by atoms with Crippen molar-refractivity contribution < 1.29 is 29.1 Å². The van der Waals surface area contributed by atoms with Crippen LogP contribution in [0.25, 0.3) is 0 Å². The lowest BCUT2D eigenvalue weighted by Gasteiger charge is -2.24. The van der Waals surface area contributed by atoms with E-state index in [0.29, 0.717) is 0 Å². The number of phenolic OH excluding ortho intramolecular Hbond substituents is 1. The van der Waals surface area contributed by atoms with Crippen LogP contribution in [0.3, 0.4) is 0 Å². The van der Waals surface area contributed by atoms with Crippen LogP contribution >= 0.6 is 21.6 Å². The summed E-state index contributed by atoms with van der Waals surface area (Å²) >= 11 is 0. The predicted octanol–water partition coefficient (Wildman–Crippen LogP) is -0.428. The second-order valence-electron chi connectivity index (χ2n) is 9.99. The van der Waals surface area contributed by atoms with Crippen LogP contribution in [0.1, 0.15) is 22.3 Å². The molecule has 1 aliphatic heterocycles. The largest absolute Gasteiger partial charge is 0.508 e. The number of hydrogen-bond acceptors (Lipinski definition) is 9. The molecule has 0 saturated carbocycles. The number of aromatic hydroxyl groups is 1. The highest BCUT2D eigenvalue weighted by Crippen LogP contribution is 2.24. The van der Waals surface area contributed by atoms with E-state index in [9.17, 15) is 29.1 Å². The fraction of sp³-hybridized carbons (Fsp3) is 0.393. The van der Waals surface area contributed by atoms with Crippen molar-refractivity contribution in [3.05, 3.63) is 64.7 Å². The zero-order valence-electron chi connectivity index (χ0n) is 23.3. The monoisotopic (exact) mass is 616 g/mol. The van der Waals surface area contributed by atoms with E-state index in [-0.39, 0.29) is 30.1 Å². The number of phenols is 1. The maximum Gasteiger partial charge on any atom is 0.243 e. The first-order valence-electron chi connectivity index (χ1n) is 13.2. The lowest BCUT2D eigenvalue weighted by molar-refractivity contribution is -0.132. The number of nitrogens with two attached hydrogens (primary N) is 2. The molecule has 1 heterocycles. The van der Waals surface area contributed by atoms with Crippen LogP contribution in [0, 0.1) is 13.8 Å². The van der Waals surface area contributed by atoms with Crippen LogP contribution in [0.15, 0.2) is 42.5 Å². The third-order valence-corrected chi connectivity index (χ3v) is 9.07. The molecule has 42 heavy (non-hydrogen) atoms. The molecule has 4 atom stereocenters. The molecule has 0 bridgehead atoms. The Morgan fingerprint density at radius 3 is 2.31 bits per heavy atom. The van der Waals surface area contributed by atoms with Gasteiger partial charge in [-0.2, -0.15) is 0 Å². The molecule has 226 valence electrons. The Labute approximate surface area is 251 Å². The molecule has 2 aromatic rings. The van der Waals surface area contributed by atoms with Crippen molar-refractivity contribution in [1.82, 2.24) is 21.3 Å². The molecular weight excluding hydrogens is 580 g/mol. The van der Waals surface area contributed by atoms with Crippen molar-refractivity contribution in [1.29, 1.82) is 0 Å². The number of carbonyl (C=O) groups is 5. The maximum atomic E-state index is 13.1. The van der Waals surface area contributed by atoms with Crippen LogP contribution < -0.4 is 32.7 Å². The van der Waals surface area contributed by atoms with Gasteiger partial charge >= 0.3 is 0 Å². The standard InChI is InChI=1S/C28H36N6O6S2/c1-15-8-18(35)9-16(2)19(15)11-20(29)26(38)34-23-14-42-41-13-22(25(30)37)33-28(40)21(10-17-6-4-3-5-7-17)32-24(36)12-31-27(23)39/h3-9,20-23,35H,10-14,29H2,1-2H3,(H2,30,37)(H,31,39)(H,32,36)(H,33,40)(H,34,38)/t20-,21-,22+,23+/m0/s1. The van der Waals surface area contributed by atoms with E-state index in [0.717, 1.165) is 22.3 Å². The first-order chi connectivity index (χ1) is 19.9. The molecule has 2 aromatic carbocycles. The van der Waals surface area contributed by atoms with E-state index < -0.39 is 60.2 Å². The van der Waals surface area contributed by atoms with Gasteiger partial charge in [-0.05, 0) is 54.7 Å². The number of benzene rings is 2. The van der Waals surface area contributed by atoms with Crippen LogP contribution in [-0.2, 0) is 36.8 Å². The number of carbonyl (C=O) groups excluding carboxylic acids is 5. The minimum absolute atomic E-state index is 0.0872. The summed E-state index contributed by atoms with van der Waals surface area (Å²) in [5, 5.41) is 20.2. The van der Waals surface area contributed by atoms with E-state index in [1.165, 1.54) is 21.6 Å². The predicted molar refractivity (Wildman–Crippen MR) is 162 cm³/mol. The normalized spacial score (nSPS) is 21.2. The molecule has 0 spiro atoms. The average molecular weight is 617 g/mol. The van der Waals surface area contributed by atoms with Gasteiger partial charge in [-0.25, -0.2) is 0 Å². The number of hydrogen-bond donors (Lipinski definition) is 7. The van der Waals surface area contributed by atoms with Crippen molar-refractivity contribution >= 4 is 51.1 Å². The van der Waals surface area contributed by atoms with Gasteiger partial charge < -0.3 is 37.8 Å². The highest BCUT2D eigenvalue weighted by atomic mass is 33.1. The van der Waals surface area contributed by atoms with E-state index in [1.54, 1.807) is 36.4 Å². The molecular formula is C28H36N6O6S2. The Hall–Kier alpha value is -3.75. The van der Waals surface area contributed by atoms with Crippen molar-refractivity contribution in [3.63, 3.8) is 0 Å². The number of aryl methyl sites for hydroxylation is 2. The molecule has 3 rings (SSSR count). The molecule has 0 aliphatic carbocycles. The summed E-state index contributed by atoms with van der Waals surface area (Å²) in [5.74, 6) is -2.83. The third-order valence-electron chi connectivity index (χ3n) is 6.64. The second kappa shape index (κ2) is 15.5. The molecule has 0 radical (unpaired) electrons. The molecule has 1 aliphatic rings. The first kappa shape index (κ1) is 32.8. The second-order valence-corrected chi connectivity index (χ2v) is 12.5. The van der Waals surface area contributed by atoms with Crippen molar-refractivity contribution in [2.24, 2.45) is 11.5 Å². The number of nitrogens with one attached hydrogen (secondary N) is 4. The molecule has 9 N–H and O–H groups in total. The van der Waals surface area contributed by atoms with E-state index in [1.807, 2.05) is 19.9 Å². The smallest absolute Gasteiger partial charge is 0.243 e. The van der Waals surface area contributed by atoms with Crippen molar-refractivity contribution in [2.75, 3.05) is 18.1 Å². The zero-order valence-corrected chi connectivity index (χ0v) is 25.0. The summed E-state index contributed by atoms with van der Waals surface area (Å²) in [6, 6.07) is 8.10. The number of primary amides is 1. The molecule has 0 aromatic heterocycles. The van der Waals surface area contributed by atoms with Gasteiger partial charge in [0.15, 0.2) is 0 Å². The van der Waals surface area contributed by atoms with Crippen LogP contribution in [0.2, 0.25) is 0 Å². The van der Waals surface area contributed by atoms with Gasteiger partial charge in [0.1, 0.15) is 23.9 Å². The maximum absolute atomic E-state index is 13.1. The Bertz CT molecular complexity index is 1290. The molecule has 12 nitrogen and oxygen atoms in total. The summed E-state index contributed by atoms with van der Waals surface area (Å²) in [4.78, 5) is 63.9. The van der Waals surface area contributed by atoms with Gasteiger partial charge in [-0.15, -0.1) is 0 Å². The molecule has 0 unspecified atom stereocenters. The fourth-order valence-corrected chi connectivity index (χ4v) is 6.70. The Morgan fingerprint density at radius 2 is 1.67 bits per heavy atom. The minimum atomic E-state index is -1.04. The minimum Gasteiger partial charge on any atom is -0.508 e. The lowest BCUT2D eigenvalue weighted by Crippen LogP contribution is -2.57. The van der Waals surface area contributed by atoms with Gasteiger partial charge in [0.2, 0.25) is 29.5 Å². The van der Waals surface area contributed by atoms with E-state index in [2.05, 4.69) is 21.3 Å². The zero-order chi connectivity index (χ0) is 30.8. The van der Waals surface area contributed by atoms with Gasteiger partial charge in [-0.3, -0.25) is 24.0 Å². The van der Waals surface area contributed by atoms with Crippen molar-refractivity contribution in [2.45, 2.75) is 50.9 Å². The summed E-state index contributed by atoms with van der Waals surface area (Å²) in [7, 11) is 2.40. The van der Waals surface area contributed by atoms with Crippen LogP contribution in [-0.4, -0.2) is 76.9 Å². The number of amides is 5. The lowest BCUT2D eigenvalue weighted by atomic mass is 9.96. The van der Waals surface area contributed by atoms with Gasteiger partial charge in [0.05, 0.1) is 12.6 Å². The first-order valence-corrected chi connectivity index (χ1v) is 15.7. The van der Waals surface area contributed by atoms with E-state index >= 15 is 0 Å². The van der Waals surface area contributed by atoms with Gasteiger partial charge in [0.25, 0.3) is 0 Å². The summed E-state index contributed by atoms with van der Waals surface area (Å²) in [6.45, 7) is 3.17. The number of rotatable bonds is 7. The van der Waals surface area contributed by atoms with Crippen LogP contribution in [0.5, 0.6) is 5.75 Å². The summed E-state index contributed by atoms with van der Waals surface area (Å²) in [6.07, 6.45) is 0.335. The SMILES string of the molecule is Cc1cc(O)cc(C)c1C[C@H](N)C(=O)N[C@@H]1CSSC[C@H](C(N)=O)NC(=O)[C@H](Cc2ccccc2)NC(=O)CNC1=O. The Balaban J connectivity index is 1.72. The summed E-state index contributed by atoms with van der Waals surface area (Å²) < 4.78 is 0. The van der Waals surface area contributed by atoms with Crippen molar-refractivity contribution in [3.8, 4) is 5.75 Å². The fourth-order valence-electron chi connectivity index (χ4n) is 4.36. The summed E-state index contributed by atoms with van der Waals surface area (Å²) in [5.41, 5.74) is 14.9. The van der Waals surface area contributed by atoms with Crippen LogP contribution in [0.4, 0.5) is 0 Å². The molecule has 14 heteroatoms. The average Bonchev–Trinajstić information content (AvgIpc) is 2.93. The molecule has 5 amide bonds. The molecule has 1 saturated heterocycles. The molecule has 1 fully saturated rings. The third kappa shape index (κ3) is 9.67. The Kier molecular flexibility index (Phi) is 12.1. The van der Waals surface area contributed by atoms with E-state index in [4.69, 9.17) is 11.5 Å². The highest BCUT2D eigenvalue weighted by molar-refractivity contribution is 8.76. The van der Waals surface area contributed by atoms with Gasteiger partial charge in [-0.1, -0.05) is 51.9 Å². The topological polar surface area (TPSA) is 206 Å². The van der Waals surface area contributed by atoms with Gasteiger partial charge in [0, 0.05) is 17.9 Å². The highest BCUT2D eigenvalue weighted by Gasteiger charge is 2.29. The Morgan fingerprint density at radius 1 is 1.02 bits per heavy atom. The quantitative estimate of drug-likeness (QED) is 0.201.